The van der Waals surface area contributed by atoms with Crippen molar-refractivity contribution >= 4 is 55.2 Å². The van der Waals surface area contributed by atoms with Crippen molar-refractivity contribution in [2.45, 2.75) is 0 Å². The number of hydrogen-bond acceptors (Lipinski definition) is 2. The van der Waals surface area contributed by atoms with Crippen LogP contribution in [0.4, 0.5) is 0 Å². The lowest BCUT2D eigenvalue weighted by atomic mass is 10.1. The fourth-order valence-electron chi connectivity index (χ4n) is 1.92. The smallest absolute Gasteiger partial charge is 0.164 e. The number of halogens is 3. The molecule has 3 rings (SSSR count). The molecular weight excluding hydrogens is 405 g/mol. The van der Waals surface area contributed by atoms with Crippen molar-refractivity contribution in [2.24, 2.45) is 0 Å². The summed E-state index contributed by atoms with van der Waals surface area (Å²) in [6.07, 6.45) is 3.62. The minimum absolute atomic E-state index is 0.527. The maximum absolute atomic E-state index is 6.28. The molecule has 0 N–H and O–H groups in total. The van der Waals surface area contributed by atoms with Gasteiger partial charge < -0.3 is 0 Å². The first kappa shape index (κ1) is 13.8. The molecular formula is C14H8Br2ClN3. The van der Waals surface area contributed by atoms with Gasteiger partial charge in [-0.05, 0) is 37.9 Å². The third kappa shape index (κ3) is 2.66. The predicted molar refractivity (Wildman–Crippen MR) is 89.3 cm³/mol. The largest absolute Gasteiger partial charge is 0.228 e. The van der Waals surface area contributed by atoms with Gasteiger partial charge in [0.25, 0.3) is 0 Å². The van der Waals surface area contributed by atoms with Gasteiger partial charge in [-0.25, -0.2) is 9.50 Å². The number of rotatable bonds is 2. The summed E-state index contributed by atoms with van der Waals surface area (Å²) in [5.74, 6) is 0. The Morgan fingerprint density at radius 2 is 1.95 bits per heavy atom. The van der Waals surface area contributed by atoms with Crippen molar-refractivity contribution in [1.82, 2.24) is 14.6 Å². The number of nitrogens with zero attached hydrogens (tertiary/aromatic N) is 3. The van der Waals surface area contributed by atoms with E-state index in [1.54, 1.807) is 10.7 Å². The van der Waals surface area contributed by atoms with E-state index in [0.717, 1.165) is 20.2 Å². The zero-order chi connectivity index (χ0) is 14.1. The molecule has 2 aromatic heterocycles. The van der Waals surface area contributed by atoms with Crippen LogP contribution < -0.4 is 0 Å². The Balaban J connectivity index is 2.24. The van der Waals surface area contributed by atoms with E-state index < -0.39 is 0 Å². The Labute approximate surface area is 137 Å². The Hall–Kier alpha value is -1.17. The average Bonchev–Trinajstić information content (AvgIpc) is 2.83. The van der Waals surface area contributed by atoms with Gasteiger partial charge in [0.2, 0.25) is 0 Å². The molecule has 3 aromatic rings. The van der Waals surface area contributed by atoms with Crippen LogP contribution >= 0.6 is 43.5 Å². The molecule has 0 aliphatic carbocycles. The monoisotopic (exact) mass is 411 g/mol. The first-order valence-electron chi connectivity index (χ1n) is 5.77. The highest BCUT2D eigenvalue weighted by molar-refractivity contribution is 9.28. The lowest BCUT2D eigenvalue weighted by molar-refractivity contribution is 0.942. The molecule has 100 valence electrons. The van der Waals surface area contributed by atoms with Crippen molar-refractivity contribution in [3.05, 3.63) is 56.7 Å². The molecule has 2 heterocycles. The molecule has 0 amide bonds. The second-order valence-electron chi connectivity index (χ2n) is 4.10. The van der Waals surface area contributed by atoms with Crippen LogP contribution in [-0.4, -0.2) is 14.6 Å². The zero-order valence-corrected chi connectivity index (χ0v) is 14.0. The van der Waals surface area contributed by atoms with E-state index in [1.165, 1.54) is 0 Å². The van der Waals surface area contributed by atoms with Crippen LogP contribution in [0.3, 0.4) is 0 Å². The topological polar surface area (TPSA) is 30.2 Å². The van der Waals surface area contributed by atoms with E-state index in [4.69, 9.17) is 11.6 Å². The average molecular weight is 414 g/mol. The summed E-state index contributed by atoms with van der Waals surface area (Å²) in [4.78, 5) is 4.65. The zero-order valence-electron chi connectivity index (χ0n) is 10.1. The maximum Gasteiger partial charge on any atom is 0.164 e. The molecule has 6 heteroatoms. The van der Waals surface area contributed by atoms with Gasteiger partial charge in [0.05, 0.1) is 15.3 Å². The molecule has 20 heavy (non-hydrogen) atoms. The summed E-state index contributed by atoms with van der Waals surface area (Å²) in [5.41, 5.74) is 3.44. The second-order valence-corrected chi connectivity index (χ2v) is 7.26. The van der Waals surface area contributed by atoms with Crippen LogP contribution in [0.2, 0.25) is 5.15 Å². The van der Waals surface area contributed by atoms with Crippen LogP contribution in [0, 0.1) is 0 Å². The highest BCUT2D eigenvalue weighted by atomic mass is 79.9. The molecule has 0 spiro atoms. The highest BCUT2D eigenvalue weighted by Gasteiger charge is 2.10. The molecule has 0 saturated carbocycles. The van der Waals surface area contributed by atoms with E-state index in [9.17, 15) is 0 Å². The van der Waals surface area contributed by atoms with Crippen molar-refractivity contribution in [3.8, 4) is 11.3 Å². The normalized spacial score (nSPS) is 10.8. The van der Waals surface area contributed by atoms with E-state index in [0.29, 0.717) is 10.8 Å². The lowest BCUT2D eigenvalue weighted by Gasteiger charge is -2.04. The molecule has 0 bridgehead atoms. The van der Waals surface area contributed by atoms with E-state index in [1.807, 2.05) is 42.5 Å². The first-order chi connectivity index (χ1) is 9.65. The number of benzene rings is 1. The first-order valence-corrected chi connectivity index (χ1v) is 7.74. The van der Waals surface area contributed by atoms with Gasteiger partial charge in [-0.2, -0.15) is 5.10 Å². The van der Waals surface area contributed by atoms with E-state index in [-0.39, 0.29) is 0 Å². The van der Waals surface area contributed by atoms with Gasteiger partial charge >= 0.3 is 0 Å². The quantitative estimate of drug-likeness (QED) is 0.545. The van der Waals surface area contributed by atoms with Gasteiger partial charge in [0.15, 0.2) is 5.65 Å². The minimum Gasteiger partial charge on any atom is -0.228 e. The Morgan fingerprint density at radius 3 is 2.65 bits per heavy atom. The van der Waals surface area contributed by atoms with Crippen molar-refractivity contribution < 1.29 is 0 Å². The Morgan fingerprint density at radius 1 is 1.20 bits per heavy atom. The van der Waals surface area contributed by atoms with Gasteiger partial charge in [0, 0.05) is 17.2 Å². The van der Waals surface area contributed by atoms with Gasteiger partial charge in [-0.15, -0.1) is 0 Å². The molecule has 0 atom stereocenters. The summed E-state index contributed by atoms with van der Waals surface area (Å²) in [6.45, 7) is 0. The Kier molecular flexibility index (Phi) is 3.92. The van der Waals surface area contributed by atoms with Crippen molar-refractivity contribution in [3.63, 3.8) is 0 Å². The molecule has 0 saturated heterocycles. The van der Waals surface area contributed by atoms with Gasteiger partial charge in [0.1, 0.15) is 5.15 Å². The molecule has 0 fully saturated rings. The molecule has 0 aliphatic heterocycles. The maximum atomic E-state index is 6.28. The fraction of sp³-hybridized carbons (Fsp3) is 0. The van der Waals surface area contributed by atoms with Crippen molar-refractivity contribution in [1.29, 1.82) is 0 Å². The van der Waals surface area contributed by atoms with Crippen LogP contribution in [0.1, 0.15) is 5.56 Å². The summed E-state index contributed by atoms with van der Waals surface area (Å²) in [6, 6.07) is 11.7. The standard InChI is InChI=1S/C14H8Br2ClN3/c15-12(16)6-10-8-18-20-13(17)7-11(19-14(10)20)9-4-2-1-3-5-9/h1-8H. The van der Waals surface area contributed by atoms with Crippen LogP contribution in [0.15, 0.2) is 46.0 Å². The van der Waals surface area contributed by atoms with Gasteiger partial charge in [-0.3, -0.25) is 0 Å². The molecule has 3 nitrogen and oxygen atoms in total. The molecule has 0 aliphatic rings. The minimum atomic E-state index is 0.527. The fourth-order valence-corrected chi connectivity index (χ4v) is 2.64. The third-order valence-corrected chi connectivity index (χ3v) is 3.52. The molecule has 1 aromatic carbocycles. The van der Waals surface area contributed by atoms with E-state index in [2.05, 4.69) is 41.9 Å². The van der Waals surface area contributed by atoms with Crippen molar-refractivity contribution in [2.75, 3.05) is 0 Å². The predicted octanol–water partition coefficient (Wildman–Crippen LogP) is 5.14. The van der Waals surface area contributed by atoms with Crippen LogP contribution in [0.5, 0.6) is 0 Å². The SMILES string of the molecule is Clc1cc(-c2ccccc2)nc2c(C=C(Br)Br)cnn12. The van der Waals surface area contributed by atoms with Gasteiger partial charge in [-0.1, -0.05) is 41.9 Å². The van der Waals surface area contributed by atoms with Crippen LogP contribution in [-0.2, 0) is 0 Å². The molecule has 0 unspecified atom stereocenters. The third-order valence-electron chi connectivity index (χ3n) is 2.79. The summed E-state index contributed by atoms with van der Waals surface area (Å²) < 4.78 is 2.44. The number of hydrogen-bond donors (Lipinski definition) is 0. The number of fused-ring (bicyclic) bond motifs is 1. The van der Waals surface area contributed by atoms with Crippen LogP contribution in [0.25, 0.3) is 23.0 Å². The summed E-state index contributed by atoms with van der Waals surface area (Å²) >= 11 is 13.0. The highest BCUT2D eigenvalue weighted by Crippen LogP contribution is 2.26. The Bertz CT molecular complexity index is 793. The summed E-state index contributed by atoms with van der Waals surface area (Å²) in [5, 5.41) is 4.77. The summed E-state index contributed by atoms with van der Waals surface area (Å²) in [7, 11) is 0. The van der Waals surface area contributed by atoms with E-state index >= 15 is 0 Å². The lowest BCUT2D eigenvalue weighted by Crippen LogP contribution is -1.95. The molecule has 0 radical (unpaired) electrons. The second kappa shape index (κ2) is 5.68. The number of aromatic nitrogens is 3.